The summed E-state index contributed by atoms with van der Waals surface area (Å²) in [6, 6.07) is 0. The zero-order valence-corrected chi connectivity index (χ0v) is 8.70. The second-order valence-corrected chi connectivity index (χ2v) is 3.53. The largest absolute Gasteiger partial charge is 0.465 e. The molecule has 0 aliphatic rings. The number of carbonyl (C=O) groups excluding carboxylic acids is 2. The quantitative estimate of drug-likeness (QED) is 0.643. The van der Waals surface area contributed by atoms with Gasteiger partial charge in [-0.3, -0.25) is 9.59 Å². The zero-order chi connectivity index (χ0) is 11.2. The van der Waals surface area contributed by atoms with Gasteiger partial charge in [0.2, 0.25) is 0 Å². The van der Waals surface area contributed by atoms with Gasteiger partial charge in [0.05, 0.1) is 12.0 Å². The standard InChI is InChI=1S/C9H16O5/c1-7(11)13-5-9(3,4-10)6-14-8(2)12/h10H,4-6H2,1-3H3. The Morgan fingerprint density at radius 1 is 1.14 bits per heavy atom. The normalized spacial score (nSPS) is 10.9. The number of esters is 2. The van der Waals surface area contributed by atoms with E-state index in [1.54, 1.807) is 6.92 Å². The molecule has 0 aromatic heterocycles. The van der Waals surface area contributed by atoms with E-state index >= 15 is 0 Å². The summed E-state index contributed by atoms with van der Waals surface area (Å²) in [6.07, 6.45) is 0. The van der Waals surface area contributed by atoms with Gasteiger partial charge >= 0.3 is 11.9 Å². The minimum atomic E-state index is -0.725. The summed E-state index contributed by atoms with van der Waals surface area (Å²) in [5.74, 6) is -0.847. The summed E-state index contributed by atoms with van der Waals surface area (Å²) in [5, 5.41) is 9.03. The average molecular weight is 204 g/mol. The van der Waals surface area contributed by atoms with Crippen molar-refractivity contribution in [2.24, 2.45) is 5.41 Å². The van der Waals surface area contributed by atoms with Gasteiger partial charge in [0.1, 0.15) is 13.2 Å². The third kappa shape index (κ3) is 5.53. The third-order valence-electron chi connectivity index (χ3n) is 1.63. The molecule has 0 rings (SSSR count). The summed E-state index contributed by atoms with van der Waals surface area (Å²) in [6.45, 7) is 4.08. The van der Waals surface area contributed by atoms with Gasteiger partial charge in [0.15, 0.2) is 0 Å². The molecule has 0 aliphatic heterocycles. The van der Waals surface area contributed by atoms with E-state index in [-0.39, 0.29) is 19.8 Å². The van der Waals surface area contributed by atoms with Crippen LogP contribution < -0.4 is 0 Å². The van der Waals surface area contributed by atoms with Crippen LogP contribution in [0.4, 0.5) is 0 Å². The first-order valence-electron chi connectivity index (χ1n) is 4.27. The minimum Gasteiger partial charge on any atom is -0.465 e. The van der Waals surface area contributed by atoms with E-state index in [0.717, 1.165) is 0 Å². The summed E-state index contributed by atoms with van der Waals surface area (Å²) >= 11 is 0. The molecular weight excluding hydrogens is 188 g/mol. The van der Waals surface area contributed by atoms with Crippen molar-refractivity contribution in [3.8, 4) is 0 Å². The molecule has 0 saturated carbocycles. The molecule has 1 N–H and O–H groups in total. The fourth-order valence-electron chi connectivity index (χ4n) is 0.685. The summed E-state index contributed by atoms with van der Waals surface area (Å²) < 4.78 is 9.48. The van der Waals surface area contributed by atoms with Crippen LogP contribution in [0.15, 0.2) is 0 Å². The van der Waals surface area contributed by atoms with Crippen LogP contribution >= 0.6 is 0 Å². The second kappa shape index (κ2) is 5.59. The maximum absolute atomic E-state index is 10.5. The highest BCUT2D eigenvalue weighted by Gasteiger charge is 2.26. The van der Waals surface area contributed by atoms with Crippen molar-refractivity contribution in [3.05, 3.63) is 0 Å². The summed E-state index contributed by atoms with van der Waals surface area (Å²) in [5.41, 5.74) is -0.725. The minimum absolute atomic E-state index is 0.0338. The smallest absolute Gasteiger partial charge is 0.302 e. The van der Waals surface area contributed by atoms with E-state index in [1.807, 2.05) is 0 Å². The Labute approximate surface area is 83.0 Å². The van der Waals surface area contributed by atoms with Crippen molar-refractivity contribution >= 4 is 11.9 Å². The van der Waals surface area contributed by atoms with E-state index in [4.69, 9.17) is 14.6 Å². The Bertz CT molecular complexity index is 193. The highest BCUT2D eigenvalue weighted by atomic mass is 16.5. The van der Waals surface area contributed by atoms with E-state index in [1.165, 1.54) is 13.8 Å². The van der Waals surface area contributed by atoms with Crippen LogP contribution in [-0.4, -0.2) is 36.9 Å². The average Bonchev–Trinajstić information content (AvgIpc) is 2.11. The molecule has 0 heterocycles. The molecule has 0 atom stereocenters. The molecule has 0 radical (unpaired) electrons. The van der Waals surface area contributed by atoms with Gasteiger partial charge in [-0.25, -0.2) is 0 Å². The Balaban J connectivity index is 4.03. The lowest BCUT2D eigenvalue weighted by Gasteiger charge is -2.25. The zero-order valence-electron chi connectivity index (χ0n) is 8.70. The summed E-state index contributed by atoms with van der Waals surface area (Å²) in [7, 11) is 0. The van der Waals surface area contributed by atoms with Crippen LogP contribution in [0.25, 0.3) is 0 Å². The van der Waals surface area contributed by atoms with Crippen molar-refractivity contribution in [2.45, 2.75) is 20.8 Å². The van der Waals surface area contributed by atoms with Crippen LogP contribution in [0.1, 0.15) is 20.8 Å². The van der Waals surface area contributed by atoms with E-state index < -0.39 is 17.4 Å². The molecule has 0 amide bonds. The van der Waals surface area contributed by atoms with Gasteiger partial charge in [0.25, 0.3) is 0 Å². The van der Waals surface area contributed by atoms with Crippen molar-refractivity contribution < 1.29 is 24.2 Å². The predicted octanol–water partition coefficient (Wildman–Crippen LogP) is 0.111. The molecule has 0 aliphatic carbocycles. The lowest BCUT2D eigenvalue weighted by molar-refractivity contribution is -0.152. The van der Waals surface area contributed by atoms with Gasteiger partial charge in [0, 0.05) is 13.8 Å². The SMILES string of the molecule is CC(=O)OCC(C)(CO)COC(C)=O. The monoisotopic (exact) mass is 204 g/mol. The fraction of sp³-hybridized carbons (Fsp3) is 0.778. The van der Waals surface area contributed by atoms with Gasteiger partial charge < -0.3 is 14.6 Å². The molecule has 0 bridgehead atoms. The van der Waals surface area contributed by atoms with Gasteiger partial charge in [-0.1, -0.05) is 6.92 Å². The molecule has 82 valence electrons. The molecule has 0 unspecified atom stereocenters. The molecule has 0 aromatic rings. The maximum Gasteiger partial charge on any atom is 0.302 e. The molecule has 0 aromatic carbocycles. The van der Waals surface area contributed by atoms with Crippen LogP contribution in [0.2, 0.25) is 0 Å². The van der Waals surface area contributed by atoms with Crippen molar-refractivity contribution in [2.75, 3.05) is 19.8 Å². The first-order valence-corrected chi connectivity index (χ1v) is 4.27. The topological polar surface area (TPSA) is 72.8 Å². The Hall–Kier alpha value is -1.10. The number of aliphatic hydroxyl groups is 1. The van der Waals surface area contributed by atoms with E-state index in [2.05, 4.69) is 0 Å². The van der Waals surface area contributed by atoms with Gasteiger partial charge in [-0.2, -0.15) is 0 Å². The highest BCUT2D eigenvalue weighted by Crippen LogP contribution is 2.16. The molecular formula is C9H16O5. The van der Waals surface area contributed by atoms with E-state index in [9.17, 15) is 9.59 Å². The molecule has 0 fully saturated rings. The maximum atomic E-state index is 10.5. The fourth-order valence-corrected chi connectivity index (χ4v) is 0.685. The van der Waals surface area contributed by atoms with Crippen LogP contribution in [-0.2, 0) is 19.1 Å². The molecule has 14 heavy (non-hydrogen) atoms. The molecule has 5 nitrogen and oxygen atoms in total. The lowest BCUT2D eigenvalue weighted by Crippen LogP contribution is -2.34. The van der Waals surface area contributed by atoms with Crippen molar-refractivity contribution in [3.63, 3.8) is 0 Å². The number of carbonyl (C=O) groups is 2. The van der Waals surface area contributed by atoms with Crippen LogP contribution in [0, 0.1) is 5.41 Å². The van der Waals surface area contributed by atoms with Crippen LogP contribution in [0.5, 0.6) is 0 Å². The molecule has 5 heteroatoms. The van der Waals surface area contributed by atoms with Crippen molar-refractivity contribution in [1.82, 2.24) is 0 Å². The summed E-state index contributed by atoms with van der Waals surface area (Å²) in [4.78, 5) is 21.1. The van der Waals surface area contributed by atoms with E-state index in [0.29, 0.717) is 0 Å². The van der Waals surface area contributed by atoms with Crippen LogP contribution in [0.3, 0.4) is 0 Å². The Kier molecular flexibility index (Phi) is 5.15. The van der Waals surface area contributed by atoms with Crippen molar-refractivity contribution in [1.29, 1.82) is 0 Å². The first kappa shape index (κ1) is 12.9. The number of ether oxygens (including phenoxy) is 2. The number of rotatable bonds is 5. The lowest BCUT2D eigenvalue weighted by atomic mass is 9.94. The first-order chi connectivity index (χ1) is 6.39. The second-order valence-electron chi connectivity index (χ2n) is 3.53. The molecule has 0 spiro atoms. The highest BCUT2D eigenvalue weighted by molar-refractivity contribution is 5.66. The van der Waals surface area contributed by atoms with Gasteiger partial charge in [-0.05, 0) is 0 Å². The third-order valence-corrected chi connectivity index (χ3v) is 1.63. The number of aliphatic hydroxyl groups excluding tert-OH is 1. The Morgan fingerprint density at radius 2 is 1.50 bits per heavy atom. The Morgan fingerprint density at radius 3 is 1.71 bits per heavy atom. The van der Waals surface area contributed by atoms with Gasteiger partial charge in [-0.15, -0.1) is 0 Å². The number of hydrogen-bond donors (Lipinski definition) is 1. The number of hydrogen-bond acceptors (Lipinski definition) is 5. The molecule has 0 saturated heterocycles. The predicted molar refractivity (Wildman–Crippen MR) is 48.5 cm³/mol.